The highest BCUT2D eigenvalue weighted by Crippen LogP contribution is 2.30. The van der Waals surface area contributed by atoms with Crippen LogP contribution in [0.5, 0.6) is 0 Å². The molecule has 0 bridgehead atoms. The highest BCUT2D eigenvalue weighted by atomic mass is 35.5. The Morgan fingerprint density at radius 2 is 2.27 bits per heavy atom. The van der Waals surface area contributed by atoms with Crippen LogP contribution in [0.15, 0.2) is 6.07 Å². The fraction of sp³-hybridized carbons (Fsp3) is 0.400. The van der Waals surface area contributed by atoms with E-state index in [2.05, 4.69) is 28.3 Å². The molecule has 0 amide bonds. The topological polar surface area (TPSA) is 37.8 Å². The van der Waals surface area contributed by atoms with Crippen molar-refractivity contribution in [1.29, 1.82) is 0 Å². The highest BCUT2D eigenvalue weighted by molar-refractivity contribution is 7.18. The Morgan fingerprint density at radius 3 is 2.93 bits per heavy atom. The molecule has 0 fully saturated rings. The third-order valence-corrected chi connectivity index (χ3v) is 3.49. The predicted octanol–water partition coefficient (Wildman–Crippen LogP) is 3.34. The van der Waals surface area contributed by atoms with Gasteiger partial charge in [-0.05, 0) is 12.5 Å². The molecular formula is C10H12ClN3S. The van der Waals surface area contributed by atoms with Gasteiger partial charge in [0, 0.05) is 17.3 Å². The summed E-state index contributed by atoms with van der Waals surface area (Å²) in [6.45, 7) is 2.16. The Kier molecular flexibility index (Phi) is 3.07. The van der Waals surface area contributed by atoms with Gasteiger partial charge in [-0.25, -0.2) is 9.97 Å². The van der Waals surface area contributed by atoms with E-state index in [1.807, 2.05) is 0 Å². The minimum Gasteiger partial charge on any atom is -0.357 e. The molecule has 0 saturated heterocycles. The molecule has 0 atom stereocenters. The second-order valence-electron chi connectivity index (χ2n) is 3.27. The third kappa shape index (κ3) is 2.06. The second kappa shape index (κ2) is 4.33. The van der Waals surface area contributed by atoms with Crippen molar-refractivity contribution in [3.63, 3.8) is 0 Å². The van der Waals surface area contributed by atoms with Crippen LogP contribution in [0.1, 0.15) is 18.2 Å². The Bertz CT molecular complexity index is 481. The van der Waals surface area contributed by atoms with Gasteiger partial charge in [0.05, 0.1) is 0 Å². The minimum absolute atomic E-state index is 0.531. The van der Waals surface area contributed by atoms with Gasteiger partial charge in [0.15, 0.2) is 0 Å². The number of hydrogen-bond donors (Lipinski definition) is 1. The van der Waals surface area contributed by atoms with Crippen molar-refractivity contribution in [3.8, 4) is 0 Å². The van der Waals surface area contributed by atoms with Crippen LogP contribution in [-0.2, 0) is 6.42 Å². The van der Waals surface area contributed by atoms with Crippen LogP contribution in [0.25, 0.3) is 10.2 Å². The summed E-state index contributed by atoms with van der Waals surface area (Å²) >= 11 is 7.76. The number of aryl methyl sites for hydroxylation is 1. The van der Waals surface area contributed by atoms with Crippen LogP contribution in [0.3, 0.4) is 0 Å². The van der Waals surface area contributed by atoms with Crippen LogP contribution in [0, 0.1) is 0 Å². The van der Waals surface area contributed by atoms with E-state index in [1.54, 1.807) is 18.4 Å². The molecule has 0 radical (unpaired) electrons. The summed E-state index contributed by atoms with van der Waals surface area (Å²) in [4.78, 5) is 10.8. The van der Waals surface area contributed by atoms with E-state index in [4.69, 9.17) is 11.6 Å². The molecule has 1 N–H and O–H groups in total. The van der Waals surface area contributed by atoms with Gasteiger partial charge in [-0.3, -0.25) is 0 Å². The maximum atomic E-state index is 6.07. The summed E-state index contributed by atoms with van der Waals surface area (Å²) in [5.41, 5.74) is 0. The molecule has 80 valence electrons. The van der Waals surface area contributed by atoms with Gasteiger partial charge in [0.25, 0.3) is 0 Å². The summed E-state index contributed by atoms with van der Waals surface area (Å²) < 4.78 is 0. The molecule has 0 spiro atoms. The van der Waals surface area contributed by atoms with E-state index in [0.717, 1.165) is 23.1 Å². The SMILES string of the molecule is CCCc1cc2c(Cl)nc(NC)nc2s1. The summed E-state index contributed by atoms with van der Waals surface area (Å²) in [6.07, 6.45) is 2.21. The third-order valence-electron chi connectivity index (χ3n) is 2.12. The molecule has 0 aliphatic carbocycles. The van der Waals surface area contributed by atoms with Gasteiger partial charge >= 0.3 is 0 Å². The minimum atomic E-state index is 0.531. The highest BCUT2D eigenvalue weighted by Gasteiger charge is 2.09. The van der Waals surface area contributed by atoms with Gasteiger partial charge in [-0.1, -0.05) is 24.9 Å². The number of fused-ring (bicyclic) bond motifs is 1. The van der Waals surface area contributed by atoms with Crippen LogP contribution in [0.2, 0.25) is 5.15 Å². The molecule has 0 unspecified atom stereocenters. The molecule has 2 aromatic rings. The van der Waals surface area contributed by atoms with Gasteiger partial charge in [-0.2, -0.15) is 0 Å². The van der Waals surface area contributed by atoms with Crippen molar-refractivity contribution in [2.24, 2.45) is 0 Å². The zero-order valence-electron chi connectivity index (χ0n) is 8.67. The first-order chi connectivity index (χ1) is 7.24. The molecule has 0 saturated carbocycles. The summed E-state index contributed by atoms with van der Waals surface area (Å²) in [5.74, 6) is 0.581. The van der Waals surface area contributed by atoms with E-state index < -0.39 is 0 Å². The smallest absolute Gasteiger partial charge is 0.225 e. The standard InChI is InChI=1S/C10H12ClN3S/c1-3-4-6-5-7-8(11)13-10(12-2)14-9(7)15-6/h5H,3-4H2,1-2H3,(H,12,13,14). The molecule has 5 heteroatoms. The summed E-state index contributed by atoms with van der Waals surface area (Å²) in [6, 6.07) is 2.09. The quantitative estimate of drug-likeness (QED) is 0.838. The van der Waals surface area contributed by atoms with Crippen molar-refractivity contribution in [2.75, 3.05) is 12.4 Å². The molecule has 0 aliphatic heterocycles. The number of anilines is 1. The largest absolute Gasteiger partial charge is 0.357 e. The maximum Gasteiger partial charge on any atom is 0.225 e. The van der Waals surface area contributed by atoms with Gasteiger partial charge in [0.2, 0.25) is 5.95 Å². The van der Waals surface area contributed by atoms with E-state index in [9.17, 15) is 0 Å². The fourth-order valence-electron chi connectivity index (χ4n) is 1.42. The first-order valence-electron chi connectivity index (χ1n) is 4.88. The number of thiophene rings is 1. The molecule has 0 aliphatic rings. The van der Waals surface area contributed by atoms with Crippen molar-refractivity contribution in [3.05, 3.63) is 16.1 Å². The van der Waals surface area contributed by atoms with E-state index in [1.165, 1.54) is 4.88 Å². The molecular weight excluding hydrogens is 230 g/mol. The Balaban J connectivity index is 2.54. The number of nitrogens with one attached hydrogen (secondary N) is 1. The molecule has 2 heterocycles. The average Bonchev–Trinajstić information content (AvgIpc) is 2.61. The summed E-state index contributed by atoms with van der Waals surface area (Å²) in [7, 11) is 1.79. The number of nitrogens with zero attached hydrogens (tertiary/aromatic N) is 2. The zero-order valence-corrected chi connectivity index (χ0v) is 10.2. The van der Waals surface area contributed by atoms with Crippen molar-refractivity contribution in [1.82, 2.24) is 9.97 Å². The van der Waals surface area contributed by atoms with Crippen LogP contribution in [-0.4, -0.2) is 17.0 Å². The number of halogens is 1. The normalized spacial score (nSPS) is 10.9. The lowest BCUT2D eigenvalue weighted by Gasteiger charge is -1.98. The Hall–Kier alpha value is -0.870. The van der Waals surface area contributed by atoms with Crippen LogP contribution in [0.4, 0.5) is 5.95 Å². The lowest BCUT2D eigenvalue weighted by Crippen LogP contribution is -1.95. The number of aromatic nitrogens is 2. The van der Waals surface area contributed by atoms with Gasteiger partial charge in [-0.15, -0.1) is 11.3 Å². The van der Waals surface area contributed by atoms with Crippen LogP contribution < -0.4 is 5.32 Å². The Labute approximate surface area is 97.5 Å². The first-order valence-corrected chi connectivity index (χ1v) is 6.07. The second-order valence-corrected chi connectivity index (χ2v) is 4.74. The van der Waals surface area contributed by atoms with Crippen molar-refractivity contribution >= 4 is 39.1 Å². The summed E-state index contributed by atoms with van der Waals surface area (Å²) in [5, 5.41) is 4.39. The number of rotatable bonds is 3. The Morgan fingerprint density at radius 1 is 1.47 bits per heavy atom. The van der Waals surface area contributed by atoms with Crippen LogP contribution >= 0.6 is 22.9 Å². The average molecular weight is 242 g/mol. The van der Waals surface area contributed by atoms with E-state index in [0.29, 0.717) is 11.1 Å². The molecule has 2 aromatic heterocycles. The molecule has 0 aromatic carbocycles. The monoisotopic (exact) mass is 241 g/mol. The molecule has 3 nitrogen and oxygen atoms in total. The predicted molar refractivity (Wildman–Crippen MR) is 66.0 cm³/mol. The molecule has 2 rings (SSSR count). The lowest BCUT2D eigenvalue weighted by molar-refractivity contribution is 0.940. The van der Waals surface area contributed by atoms with Gasteiger partial charge < -0.3 is 5.32 Å². The lowest BCUT2D eigenvalue weighted by atomic mass is 10.3. The zero-order chi connectivity index (χ0) is 10.8. The number of hydrogen-bond acceptors (Lipinski definition) is 4. The fourth-order valence-corrected chi connectivity index (χ4v) is 2.83. The van der Waals surface area contributed by atoms with Crippen molar-refractivity contribution in [2.45, 2.75) is 19.8 Å². The van der Waals surface area contributed by atoms with E-state index >= 15 is 0 Å². The van der Waals surface area contributed by atoms with Crippen molar-refractivity contribution < 1.29 is 0 Å². The van der Waals surface area contributed by atoms with E-state index in [-0.39, 0.29) is 0 Å². The first kappa shape index (κ1) is 10.6. The molecule has 15 heavy (non-hydrogen) atoms. The maximum absolute atomic E-state index is 6.07. The van der Waals surface area contributed by atoms with Gasteiger partial charge in [0.1, 0.15) is 9.98 Å².